The SMILES string of the molecule is CCCN(CCO)c1cc(OC)nc(N)n1. The van der Waals surface area contributed by atoms with Gasteiger partial charge in [0, 0.05) is 19.2 Å². The Morgan fingerprint density at radius 3 is 2.75 bits per heavy atom. The number of anilines is 2. The van der Waals surface area contributed by atoms with Gasteiger partial charge in [0.2, 0.25) is 11.8 Å². The topological polar surface area (TPSA) is 84.5 Å². The Labute approximate surface area is 95.1 Å². The molecule has 6 nitrogen and oxygen atoms in total. The summed E-state index contributed by atoms with van der Waals surface area (Å²) in [5, 5.41) is 8.97. The van der Waals surface area contributed by atoms with E-state index >= 15 is 0 Å². The van der Waals surface area contributed by atoms with Gasteiger partial charge in [-0.2, -0.15) is 9.97 Å². The molecule has 16 heavy (non-hydrogen) atoms. The van der Waals surface area contributed by atoms with E-state index in [-0.39, 0.29) is 12.6 Å². The van der Waals surface area contributed by atoms with Crippen LogP contribution in [0.4, 0.5) is 11.8 Å². The van der Waals surface area contributed by atoms with Crippen molar-refractivity contribution in [2.24, 2.45) is 0 Å². The smallest absolute Gasteiger partial charge is 0.225 e. The highest BCUT2D eigenvalue weighted by Gasteiger charge is 2.09. The zero-order chi connectivity index (χ0) is 12.0. The third kappa shape index (κ3) is 3.23. The second-order valence-electron chi connectivity index (χ2n) is 3.34. The molecule has 0 amide bonds. The van der Waals surface area contributed by atoms with Crippen LogP contribution in [0.25, 0.3) is 0 Å². The van der Waals surface area contributed by atoms with E-state index in [1.807, 2.05) is 4.90 Å². The van der Waals surface area contributed by atoms with Crippen LogP contribution in [0.5, 0.6) is 5.88 Å². The van der Waals surface area contributed by atoms with E-state index in [0.717, 1.165) is 13.0 Å². The number of rotatable bonds is 6. The molecule has 0 fully saturated rings. The Morgan fingerprint density at radius 1 is 1.44 bits per heavy atom. The predicted molar refractivity (Wildman–Crippen MR) is 62.6 cm³/mol. The van der Waals surface area contributed by atoms with Crippen LogP contribution in [0.2, 0.25) is 0 Å². The van der Waals surface area contributed by atoms with Crippen molar-refractivity contribution in [1.82, 2.24) is 9.97 Å². The molecule has 0 saturated heterocycles. The first-order valence-corrected chi connectivity index (χ1v) is 5.25. The van der Waals surface area contributed by atoms with E-state index in [4.69, 9.17) is 15.6 Å². The van der Waals surface area contributed by atoms with Crippen LogP contribution in [0.3, 0.4) is 0 Å². The number of aliphatic hydroxyl groups excluding tert-OH is 1. The number of aliphatic hydroxyl groups is 1. The number of nitrogens with two attached hydrogens (primary N) is 1. The summed E-state index contributed by atoms with van der Waals surface area (Å²) >= 11 is 0. The highest BCUT2D eigenvalue weighted by atomic mass is 16.5. The number of aromatic nitrogens is 2. The van der Waals surface area contributed by atoms with Crippen LogP contribution in [0.15, 0.2) is 6.07 Å². The monoisotopic (exact) mass is 226 g/mol. The summed E-state index contributed by atoms with van der Waals surface area (Å²) < 4.78 is 5.02. The minimum atomic E-state index is 0.0756. The van der Waals surface area contributed by atoms with Gasteiger partial charge in [-0.05, 0) is 6.42 Å². The second kappa shape index (κ2) is 6.12. The summed E-state index contributed by atoms with van der Waals surface area (Å²) in [4.78, 5) is 9.98. The molecule has 0 spiro atoms. The fourth-order valence-electron chi connectivity index (χ4n) is 1.43. The Kier molecular flexibility index (Phi) is 4.78. The second-order valence-corrected chi connectivity index (χ2v) is 3.34. The van der Waals surface area contributed by atoms with E-state index in [1.54, 1.807) is 6.07 Å². The van der Waals surface area contributed by atoms with E-state index < -0.39 is 0 Å². The molecule has 1 rings (SSSR count). The first-order chi connectivity index (χ1) is 7.71. The minimum absolute atomic E-state index is 0.0756. The minimum Gasteiger partial charge on any atom is -0.481 e. The molecule has 0 unspecified atom stereocenters. The van der Waals surface area contributed by atoms with Gasteiger partial charge in [0.15, 0.2) is 0 Å². The number of ether oxygens (including phenoxy) is 1. The van der Waals surface area contributed by atoms with E-state index in [9.17, 15) is 0 Å². The van der Waals surface area contributed by atoms with Crippen LogP contribution in [0, 0.1) is 0 Å². The highest BCUT2D eigenvalue weighted by Crippen LogP contribution is 2.18. The van der Waals surface area contributed by atoms with E-state index in [1.165, 1.54) is 7.11 Å². The third-order valence-corrected chi connectivity index (χ3v) is 2.10. The Morgan fingerprint density at radius 2 is 2.19 bits per heavy atom. The van der Waals surface area contributed by atoms with Crippen molar-refractivity contribution in [3.05, 3.63) is 6.07 Å². The quantitative estimate of drug-likeness (QED) is 0.724. The van der Waals surface area contributed by atoms with E-state index in [0.29, 0.717) is 18.2 Å². The maximum atomic E-state index is 8.97. The molecule has 0 aliphatic heterocycles. The molecule has 0 aliphatic rings. The van der Waals surface area contributed by atoms with Gasteiger partial charge in [0.25, 0.3) is 0 Å². The van der Waals surface area contributed by atoms with Crippen molar-refractivity contribution in [3.8, 4) is 5.88 Å². The van der Waals surface area contributed by atoms with Crippen molar-refractivity contribution >= 4 is 11.8 Å². The van der Waals surface area contributed by atoms with Gasteiger partial charge in [-0.3, -0.25) is 0 Å². The molecule has 0 aliphatic carbocycles. The zero-order valence-corrected chi connectivity index (χ0v) is 9.68. The first-order valence-electron chi connectivity index (χ1n) is 5.25. The number of methoxy groups -OCH3 is 1. The lowest BCUT2D eigenvalue weighted by atomic mass is 10.4. The Balaban J connectivity index is 2.93. The summed E-state index contributed by atoms with van der Waals surface area (Å²) in [5.41, 5.74) is 5.57. The normalized spacial score (nSPS) is 10.2. The predicted octanol–water partition coefficient (Wildman–Crippen LogP) is 0.276. The van der Waals surface area contributed by atoms with Crippen molar-refractivity contribution in [1.29, 1.82) is 0 Å². The van der Waals surface area contributed by atoms with Gasteiger partial charge < -0.3 is 20.5 Å². The average Bonchev–Trinajstić information content (AvgIpc) is 2.28. The molecule has 90 valence electrons. The molecule has 0 bridgehead atoms. The van der Waals surface area contributed by atoms with E-state index in [2.05, 4.69) is 16.9 Å². The number of hydrogen-bond acceptors (Lipinski definition) is 6. The van der Waals surface area contributed by atoms with Crippen LogP contribution in [-0.2, 0) is 0 Å². The largest absolute Gasteiger partial charge is 0.481 e. The summed E-state index contributed by atoms with van der Waals surface area (Å²) in [7, 11) is 1.53. The van der Waals surface area contributed by atoms with Gasteiger partial charge in [-0.1, -0.05) is 6.92 Å². The van der Waals surface area contributed by atoms with Gasteiger partial charge in [0.1, 0.15) is 5.82 Å². The molecule has 1 heterocycles. The zero-order valence-electron chi connectivity index (χ0n) is 9.68. The maximum absolute atomic E-state index is 8.97. The molecule has 3 N–H and O–H groups in total. The molecule has 0 saturated carbocycles. The molecule has 0 radical (unpaired) electrons. The summed E-state index contributed by atoms with van der Waals surface area (Å²) in [6.07, 6.45) is 0.965. The van der Waals surface area contributed by atoms with Gasteiger partial charge in [-0.15, -0.1) is 0 Å². The fraction of sp³-hybridized carbons (Fsp3) is 0.600. The molecular weight excluding hydrogens is 208 g/mol. The van der Waals surface area contributed by atoms with Crippen LogP contribution < -0.4 is 15.4 Å². The van der Waals surface area contributed by atoms with Crippen molar-refractivity contribution in [2.45, 2.75) is 13.3 Å². The third-order valence-electron chi connectivity index (χ3n) is 2.10. The van der Waals surface area contributed by atoms with Gasteiger partial charge in [0.05, 0.1) is 13.7 Å². The Hall–Kier alpha value is -1.56. The number of hydrogen-bond donors (Lipinski definition) is 2. The number of nitrogen functional groups attached to an aromatic ring is 1. The molecule has 0 atom stereocenters. The van der Waals surface area contributed by atoms with Crippen LogP contribution >= 0.6 is 0 Å². The standard InChI is InChI=1S/C10H18N4O2/c1-3-4-14(5-6-15)8-7-9(16-2)13-10(11)12-8/h7,15H,3-6H2,1-2H3,(H2,11,12,13). The summed E-state index contributed by atoms with van der Waals surface area (Å²) in [6.45, 7) is 3.46. The molecular formula is C10H18N4O2. The molecule has 1 aromatic heterocycles. The highest BCUT2D eigenvalue weighted by molar-refractivity contribution is 5.45. The Bertz CT molecular complexity index is 327. The molecule has 6 heteroatoms. The van der Waals surface area contributed by atoms with Crippen molar-refractivity contribution in [2.75, 3.05) is 37.4 Å². The van der Waals surface area contributed by atoms with Crippen LogP contribution in [0.1, 0.15) is 13.3 Å². The van der Waals surface area contributed by atoms with Crippen LogP contribution in [-0.4, -0.2) is 41.9 Å². The molecule has 0 aromatic carbocycles. The molecule has 1 aromatic rings. The van der Waals surface area contributed by atoms with Crippen molar-refractivity contribution < 1.29 is 9.84 Å². The summed E-state index contributed by atoms with van der Waals surface area (Å²) in [6, 6.07) is 1.71. The lowest BCUT2D eigenvalue weighted by molar-refractivity contribution is 0.301. The lowest BCUT2D eigenvalue weighted by Crippen LogP contribution is -2.28. The van der Waals surface area contributed by atoms with Gasteiger partial charge in [-0.25, -0.2) is 0 Å². The maximum Gasteiger partial charge on any atom is 0.225 e. The summed E-state index contributed by atoms with van der Waals surface area (Å²) in [5.74, 6) is 1.29. The first kappa shape index (κ1) is 12.5. The fourth-order valence-corrected chi connectivity index (χ4v) is 1.43. The number of nitrogens with zero attached hydrogens (tertiary/aromatic N) is 3. The average molecular weight is 226 g/mol. The lowest BCUT2D eigenvalue weighted by Gasteiger charge is -2.22. The van der Waals surface area contributed by atoms with Gasteiger partial charge >= 0.3 is 0 Å². The van der Waals surface area contributed by atoms with Crippen molar-refractivity contribution in [3.63, 3.8) is 0 Å².